The standard InChI is InChI=1S/C18H19N3O5/c1-4-25-15(22)11-26-13-7-5-12(6-8-13)21-10-9-14-16(21)17(23)20(3)18(24)19(14)2/h5-10H,4,11H2,1-3H3. The zero-order valence-electron chi connectivity index (χ0n) is 14.8. The maximum atomic E-state index is 12.5. The van der Waals surface area contributed by atoms with Gasteiger partial charge in [0.15, 0.2) is 6.61 Å². The minimum atomic E-state index is -0.433. The second-order valence-electron chi connectivity index (χ2n) is 5.71. The fourth-order valence-corrected chi connectivity index (χ4v) is 2.74. The van der Waals surface area contributed by atoms with Crippen LogP contribution in [0.2, 0.25) is 0 Å². The van der Waals surface area contributed by atoms with Gasteiger partial charge in [-0.2, -0.15) is 0 Å². The molecule has 136 valence electrons. The Hall–Kier alpha value is -3.29. The molecule has 0 N–H and O–H groups in total. The number of aromatic nitrogens is 3. The van der Waals surface area contributed by atoms with Crippen LogP contribution in [0.25, 0.3) is 16.7 Å². The van der Waals surface area contributed by atoms with E-state index >= 15 is 0 Å². The zero-order valence-corrected chi connectivity index (χ0v) is 14.8. The molecule has 3 aromatic rings. The summed E-state index contributed by atoms with van der Waals surface area (Å²) in [7, 11) is 3.08. The summed E-state index contributed by atoms with van der Waals surface area (Å²) in [6.07, 6.45) is 1.74. The van der Waals surface area contributed by atoms with Crippen LogP contribution in [-0.2, 0) is 23.6 Å². The summed E-state index contributed by atoms with van der Waals surface area (Å²) in [4.78, 5) is 35.9. The number of aryl methyl sites for hydroxylation is 1. The van der Waals surface area contributed by atoms with Gasteiger partial charge >= 0.3 is 11.7 Å². The Labute approximate surface area is 148 Å². The largest absolute Gasteiger partial charge is 0.482 e. The van der Waals surface area contributed by atoms with Crippen LogP contribution in [0.15, 0.2) is 46.1 Å². The van der Waals surface area contributed by atoms with Gasteiger partial charge < -0.3 is 14.0 Å². The summed E-state index contributed by atoms with van der Waals surface area (Å²) >= 11 is 0. The van der Waals surface area contributed by atoms with E-state index < -0.39 is 5.97 Å². The maximum Gasteiger partial charge on any atom is 0.344 e. The van der Waals surface area contributed by atoms with Crippen LogP contribution in [-0.4, -0.2) is 32.9 Å². The molecule has 0 aliphatic carbocycles. The highest BCUT2D eigenvalue weighted by Crippen LogP contribution is 2.19. The molecular weight excluding hydrogens is 338 g/mol. The van der Waals surface area contributed by atoms with Gasteiger partial charge in [0.1, 0.15) is 11.3 Å². The van der Waals surface area contributed by atoms with E-state index in [0.717, 1.165) is 10.3 Å². The summed E-state index contributed by atoms with van der Waals surface area (Å²) in [5.41, 5.74) is 0.966. The Morgan fingerprint density at radius 1 is 1.04 bits per heavy atom. The quantitative estimate of drug-likeness (QED) is 0.635. The summed E-state index contributed by atoms with van der Waals surface area (Å²) in [5.74, 6) is 0.0796. The predicted molar refractivity (Wildman–Crippen MR) is 95.9 cm³/mol. The Bertz CT molecular complexity index is 1070. The van der Waals surface area contributed by atoms with Crippen molar-refractivity contribution in [3.8, 4) is 11.4 Å². The van der Waals surface area contributed by atoms with E-state index in [4.69, 9.17) is 9.47 Å². The monoisotopic (exact) mass is 357 g/mol. The average molecular weight is 357 g/mol. The predicted octanol–water partition coefficient (Wildman–Crippen LogP) is 0.970. The van der Waals surface area contributed by atoms with E-state index in [1.165, 1.54) is 11.6 Å². The van der Waals surface area contributed by atoms with Crippen molar-refractivity contribution < 1.29 is 14.3 Å². The molecule has 0 aliphatic heterocycles. The first-order valence-electron chi connectivity index (χ1n) is 8.10. The normalized spacial score (nSPS) is 10.9. The Morgan fingerprint density at radius 3 is 2.38 bits per heavy atom. The third kappa shape index (κ3) is 3.01. The lowest BCUT2D eigenvalue weighted by molar-refractivity contribution is -0.145. The number of carbonyl (C=O) groups is 1. The van der Waals surface area contributed by atoms with Crippen molar-refractivity contribution in [3.63, 3.8) is 0 Å². The molecule has 0 saturated carbocycles. The van der Waals surface area contributed by atoms with Crippen LogP contribution in [0.3, 0.4) is 0 Å². The number of benzene rings is 1. The highest BCUT2D eigenvalue weighted by Gasteiger charge is 2.13. The molecule has 0 aliphatic rings. The van der Waals surface area contributed by atoms with E-state index in [-0.39, 0.29) is 17.9 Å². The number of hydrogen-bond donors (Lipinski definition) is 0. The topological polar surface area (TPSA) is 84.5 Å². The second kappa shape index (κ2) is 6.91. The zero-order chi connectivity index (χ0) is 18.8. The van der Waals surface area contributed by atoms with Crippen LogP contribution in [0.4, 0.5) is 0 Å². The van der Waals surface area contributed by atoms with E-state index in [2.05, 4.69) is 0 Å². The molecule has 8 heteroatoms. The average Bonchev–Trinajstić information content (AvgIpc) is 3.09. The lowest BCUT2D eigenvalue weighted by Gasteiger charge is -2.09. The smallest absolute Gasteiger partial charge is 0.344 e. The van der Waals surface area contributed by atoms with E-state index in [1.54, 1.807) is 55.1 Å². The van der Waals surface area contributed by atoms with Crippen LogP contribution in [0.5, 0.6) is 5.75 Å². The molecule has 3 rings (SSSR count). The first-order chi connectivity index (χ1) is 12.4. The van der Waals surface area contributed by atoms with Gasteiger partial charge in [0.25, 0.3) is 5.56 Å². The second-order valence-corrected chi connectivity index (χ2v) is 5.71. The number of nitrogens with zero attached hydrogens (tertiary/aromatic N) is 3. The van der Waals surface area contributed by atoms with Crippen molar-refractivity contribution >= 4 is 17.0 Å². The van der Waals surface area contributed by atoms with Gasteiger partial charge in [-0.15, -0.1) is 0 Å². The minimum absolute atomic E-state index is 0.164. The fraction of sp³-hybridized carbons (Fsp3) is 0.278. The number of esters is 1. The Balaban J connectivity index is 1.94. The summed E-state index contributed by atoms with van der Waals surface area (Å²) < 4.78 is 14.4. The molecule has 0 radical (unpaired) electrons. The van der Waals surface area contributed by atoms with Gasteiger partial charge in [0.05, 0.1) is 12.1 Å². The first kappa shape index (κ1) is 17.5. The van der Waals surface area contributed by atoms with Crippen molar-refractivity contribution in [2.24, 2.45) is 14.1 Å². The summed E-state index contributed by atoms with van der Waals surface area (Å²) in [6.45, 7) is 1.87. The molecule has 0 saturated heterocycles. The van der Waals surface area contributed by atoms with E-state index in [9.17, 15) is 14.4 Å². The van der Waals surface area contributed by atoms with Crippen LogP contribution < -0.4 is 16.0 Å². The minimum Gasteiger partial charge on any atom is -0.482 e. The third-order valence-electron chi connectivity index (χ3n) is 4.08. The molecule has 2 heterocycles. The van der Waals surface area contributed by atoms with Crippen molar-refractivity contribution in [1.29, 1.82) is 0 Å². The molecule has 0 amide bonds. The molecule has 1 aromatic carbocycles. The molecule has 0 spiro atoms. The van der Waals surface area contributed by atoms with Gasteiger partial charge in [-0.25, -0.2) is 9.59 Å². The van der Waals surface area contributed by atoms with Gasteiger partial charge in [0.2, 0.25) is 0 Å². The van der Waals surface area contributed by atoms with E-state index in [0.29, 0.717) is 23.4 Å². The number of rotatable bonds is 5. The highest BCUT2D eigenvalue weighted by molar-refractivity contribution is 5.77. The molecule has 0 unspecified atom stereocenters. The number of hydrogen-bond acceptors (Lipinski definition) is 5. The van der Waals surface area contributed by atoms with Crippen molar-refractivity contribution in [1.82, 2.24) is 13.7 Å². The lowest BCUT2D eigenvalue weighted by Crippen LogP contribution is -2.37. The molecule has 0 atom stereocenters. The highest BCUT2D eigenvalue weighted by atomic mass is 16.6. The summed E-state index contributed by atoms with van der Waals surface area (Å²) in [6, 6.07) is 8.66. The fourth-order valence-electron chi connectivity index (χ4n) is 2.74. The molecule has 26 heavy (non-hydrogen) atoms. The van der Waals surface area contributed by atoms with Gasteiger partial charge in [-0.1, -0.05) is 0 Å². The van der Waals surface area contributed by atoms with Crippen molar-refractivity contribution in [3.05, 3.63) is 57.4 Å². The number of fused-ring (bicyclic) bond motifs is 1. The molecule has 0 fully saturated rings. The molecule has 2 aromatic heterocycles. The Morgan fingerprint density at radius 2 is 1.73 bits per heavy atom. The molecule has 8 nitrogen and oxygen atoms in total. The Kier molecular flexibility index (Phi) is 4.66. The van der Waals surface area contributed by atoms with Gasteiger partial charge in [-0.05, 0) is 37.3 Å². The molecule has 0 bridgehead atoms. The SMILES string of the molecule is CCOC(=O)COc1ccc(-n2ccc3c2c(=O)n(C)c(=O)n3C)cc1. The van der Waals surface area contributed by atoms with Crippen LogP contribution in [0, 0.1) is 0 Å². The van der Waals surface area contributed by atoms with Crippen molar-refractivity contribution in [2.45, 2.75) is 6.92 Å². The first-order valence-corrected chi connectivity index (χ1v) is 8.10. The third-order valence-corrected chi connectivity index (χ3v) is 4.08. The van der Waals surface area contributed by atoms with Gasteiger partial charge in [0, 0.05) is 26.0 Å². The van der Waals surface area contributed by atoms with Crippen LogP contribution >= 0.6 is 0 Å². The van der Waals surface area contributed by atoms with Crippen LogP contribution in [0.1, 0.15) is 6.92 Å². The summed E-state index contributed by atoms with van der Waals surface area (Å²) in [5, 5.41) is 0. The van der Waals surface area contributed by atoms with Gasteiger partial charge in [-0.3, -0.25) is 13.9 Å². The lowest BCUT2D eigenvalue weighted by atomic mass is 10.3. The number of carbonyl (C=O) groups excluding carboxylic acids is 1. The maximum absolute atomic E-state index is 12.5. The molecular formula is C18H19N3O5. The van der Waals surface area contributed by atoms with Crippen molar-refractivity contribution in [2.75, 3.05) is 13.2 Å². The number of ether oxygens (including phenoxy) is 2. The van der Waals surface area contributed by atoms with E-state index in [1.807, 2.05) is 0 Å².